The number of hydrogen-bond acceptors (Lipinski definition) is 4. The fourth-order valence-electron chi connectivity index (χ4n) is 1.21. The van der Waals surface area contributed by atoms with Gasteiger partial charge in [0.1, 0.15) is 6.07 Å². The zero-order valence-electron chi connectivity index (χ0n) is 9.62. The minimum atomic E-state index is -0.213. The third-order valence-electron chi connectivity index (χ3n) is 2.41. The first-order valence-electron chi connectivity index (χ1n) is 5.13. The molecule has 0 aliphatic carbocycles. The van der Waals surface area contributed by atoms with Gasteiger partial charge in [-0.05, 0) is 12.1 Å². The van der Waals surface area contributed by atoms with Crippen molar-refractivity contribution < 1.29 is 5.11 Å². The maximum atomic E-state index is 9.12. The van der Waals surface area contributed by atoms with Crippen LogP contribution in [0.2, 0.25) is 0 Å². The molecule has 16 heavy (non-hydrogen) atoms. The monoisotopic (exact) mass is 219 g/mol. The van der Waals surface area contributed by atoms with Crippen LogP contribution in [-0.4, -0.2) is 18.3 Å². The Labute approximate surface area is 95.7 Å². The van der Waals surface area contributed by atoms with E-state index in [4.69, 9.17) is 16.1 Å². The maximum absolute atomic E-state index is 9.12. The fourth-order valence-corrected chi connectivity index (χ4v) is 1.21. The normalized spacial score (nSPS) is 10.9. The van der Waals surface area contributed by atoms with E-state index in [1.807, 2.05) is 26.0 Å². The van der Waals surface area contributed by atoms with Gasteiger partial charge in [-0.3, -0.25) is 0 Å². The van der Waals surface area contributed by atoms with Crippen LogP contribution in [0.1, 0.15) is 19.4 Å². The zero-order valence-corrected chi connectivity index (χ0v) is 9.62. The summed E-state index contributed by atoms with van der Waals surface area (Å²) in [5.41, 5.74) is 7.26. The standard InChI is InChI=1S/C12H17N3O/c1-12(2,8-16)7-15-10-5-3-4-9(6-13)11(10)14/h3-5,15-16H,7-8,14H2,1-2H3. The van der Waals surface area contributed by atoms with Crippen molar-refractivity contribution >= 4 is 11.4 Å². The molecule has 0 amide bonds. The van der Waals surface area contributed by atoms with Gasteiger partial charge in [0.2, 0.25) is 0 Å². The zero-order chi connectivity index (χ0) is 12.2. The molecule has 4 heteroatoms. The molecule has 86 valence electrons. The number of nitrogens with two attached hydrogens (primary N) is 1. The van der Waals surface area contributed by atoms with Crippen LogP contribution in [0.5, 0.6) is 0 Å². The van der Waals surface area contributed by atoms with Gasteiger partial charge in [0.25, 0.3) is 0 Å². The Balaban J connectivity index is 2.80. The number of benzene rings is 1. The lowest BCUT2D eigenvalue weighted by molar-refractivity contribution is 0.171. The van der Waals surface area contributed by atoms with Crippen LogP contribution in [-0.2, 0) is 0 Å². The Kier molecular flexibility index (Phi) is 3.75. The number of anilines is 2. The number of hydrogen-bond donors (Lipinski definition) is 3. The average molecular weight is 219 g/mol. The molecule has 0 heterocycles. The summed E-state index contributed by atoms with van der Waals surface area (Å²) in [6.45, 7) is 4.59. The van der Waals surface area contributed by atoms with E-state index >= 15 is 0 Å². The van der Waals surface area contributed by atoms with Crippen molar-refractivity contribution in [1.82, 2.24) is 0 Å². The van der Waals surface area contributed by atoms with Crippen LogP contribution in [0.15, 0.2) is 18.2 Å². The van der Waals surface area contributed by atoms with E-state index in [9.17, 15) is 0 Å². The molecule has 0 radical (unpaired) electrons. The van der Waals surface area contributed by atoms with Crippen molar-refractivity contribution in [1.29, 1.82) is 5.26 Å². The molecule has 0 saturated carbocycles. The van der Waals surface area contributed by atoms with Crippen LogP contribution < -0.4 is 11.1 Å². The molecular formula is C12H17N3O. The first-order valence-corrected chi connectivity index (χ1v) is 5.13. The summed E-state index contributed by atoms with van der Waals surface area (Å²) in [6.07, 6.45) is 0. The number of rotatable bonds is 4. The minimum Gasteiger partial charge on any atom is -0.396 e. The summed E-state index contributed by atoms with van der Waals surface area (Å²) < 4.78 is 0. The highest BCUT2D eigenvalue weighted by atomic mass is 16.3. The van der Waals surface area contributed by atoms with E-state index in [1.54, 1.807) is 12.1 Å². The highest BCUT2D eigenvalue weighted by Gasteiger charge is 2.16. The van der Waals surface area contributed by atoms with E-state index < -0.39 is 0 Å². The second kappa shape index (κ2) is 4.86. The largest absolute Gasteiger partial charge is 0.396 e. The lowest BCUT2D eigenvalue weighted by atomic mass is 9.95. The number of nitrogen functional groups attached to an aromatic ring is 1. The van der Waals surface area contributed by atoms with E-state index in [1.165, 1.54) is 0 Å². The van der Waals surface area contributed by atoms with Gasteiger partial charge in [0, 0.05) is 18.6 Å². The quantitative estimate of drug-likeness (QED) is 0.671. The van der Waals surface area contributed by atoms with Crippen molar-refractivity contribution in [2.45, 2.75) is 13.8 Å². The number of nitriles is 1. The second-order valence-corrected chi connectivity index (χ2v) is 4.55. The smallest absolute Gasteiger partial charge is 0.101 e. The molecule has 0 unspecified atom stereocenters. The van der Waals surface area contributed by atoms with Gasteiger partial charge in [-0.2, -0.15) is 5.26 Å². The number of nitrogens with zero attached hydrogens (tertiary/aromatic N) is 1. The lowest BCUT2D eigenvalue weighted by Crippen LogP contribution is -2.27. The fraction of sp³-hybridized carbons (Fsp3) is 0.417. The van der Waals surface area contributed by atoms with Crippen molar-refractivity contribution in [3.05, 3.63) is 23.8 Å². The van der Waals surface area contributed by atoms with Crippen molar-refractivity contribution in [3.63, 3.8) is 0 Å². The van der Waals surface area contributed by atoms with Gasteiger partial charge in [-0.25, -0.2) is 0 Å². The molecular weight excluding hydrogens is 202 g/mol. The molecule has 0 aromatic heterocycles. The topological polar surface area (TPSA) is 82.1 Å². The van der Waals surface area contributed by atoms with Crippen molar-refractivity contribution in [2.75, 3.05) is 24.2 Å². The average Bonchev–Trinajstić information content (AvgIpc) is 2.28. The number of nitrogens with one attached hydrogen (secondary N) is 1. The SMILES string of the molecule is CC(C)(CO)CNc1cccc(C#N)c1N. The molecule has 0 aliphatic rings. The summed E-state index contributed by atoms with van der Waals surface area (Å²) in [6, 6.07) is 7.31. The molecule has 0 atom stereocenters. The van der Waals surface area contributed by atoms with Gasteiger partial charge in [-0.1, -0.05) is 19.9 Å². The van der Waals surface area contributed by atoms with Crippen LogP contribution in [0, 0.1) is 16.7 Å². The molecule has 1 aromatic carbocycles. The summed E-state index contributed by atoms with van der Waals surface area (Å²) in [4.78, 5) is 0. The Morgan fingerprint density at radius 1 is 1.50 bits per heavy atom. The number of aliphatic hydroxyl groups is 1. The molecule has 0 aliphatic heterocycles. The maximum Gasteiger partial charge on any atom is 0.101 e. The molecule has 0 spiro atoms. The van der Waals surface area contributed by atoms with Crippen LogP contribution >= 0.6 is 0 Å². The molecule has 0 fully saturated rings. The van der Waals surface area contributed by atoms with E-state index in [0.717, 1.165) is 5.69 Å². The highest BCUT2D eigenvalue weighted by molar-refractivity contribution is 5.72. The number of para-hydroxylation sites is 1. The van der Waals surface area contributed by atoms with E-state index in [-0.39, 0.29) is 12.0 Å². The van der Waals surface area contributed by atoms with Gasteiger partial charge in [0.05, 0.1) is 16.9 Å². The Hall–Kier alpha value is -1.73. The molecule has 0 bridgehead atoms. The summed E-state index contributed by atoms with van der Waals surface area (Å²) in [7, 11) is 0. The van der Waals surface area contributed by atoms with E-state index in [2.05, 4.69) is 5.32 Å². The van der Waals surface area contributed by atoms with Gasteiger partial charge in [0.15, 0.2) is 0 Å². The van der Waals surface area contributed by atoms with Crippen molar-refractivity contribution in [2.24, 2.45) is 5.41 Å². The van der Waals surface area contributed by atoms with Crippen molar-refractivity contribution in [3.8, 4) is 6.07 Å². The molecule has 1 aromatic rings. The second-order valence-electron chi connectivity index (χ2n) is 4.55. The third kappa shape index (κ3) is 2.88. The Bertz CT molecular complexity index is 407. The summed E-state index contributed by atoms with van der Waals surface area (Å²) in [5, 5.41) is 21.1. The molecule has 4 N–H and O–H groups in total. The highest BCUT2D eigenvalue weighted by Crippen LogP contribution is 2.23. The van der Waals surface area contributed by atoms with Crippen LogP contribution in [0.4, 0.5) is 11.4 Å². The first-order chi connectivity index (χ1) is 7.50. The molecule has 0 saturated heterocycles. The Morgan fingerprint density at radius 2 is 2.19 bits per heavy atom. The Morgan fingerprint density at radius 3 is 2.75 bits per heavy atom. The van der Waals surface area contributed by atoms with Gasteiger partial charge in [-0.15, -0.1) is 0 Å². The minimum absolute atomic E-state index is 0.0951. The van der Waals surface area contributed by atoms with Gasteiger partial charge < -0.3 is 16.2 Å². The van der Waals surface area contributed by atoms with Crippen LogP contribution in [0.25, 0.3) is 0 Å². The lowest BCUT2D eigenvalue weighted by Gasteiger charge is -2.23. The predicted octanol–water partition coefficient (Wildman–Crippen LogP) is 1.57. The van der Waals surface area contributed by atoms with Gasteiger partial charge >= 0.3 is 0 Å². The third-order valence-corrected chi connectivity index (χ3v) is 2.41. The molecule has 4 nitrogen and oxygen atoms in total. The number of aliphatic hydroxyl groups excluding tert-OH is 1. The van der Waals surface area contributed by atoms with Crippen LogP contribution in [0.3, 0.4) is 0 Å². The molecule has 1 rings (SSSR count). The first kappa shape index (κ1) is 12.3. The predicted molar refractivity (Wildman–Crippen MR) is 64.9 cm³/mol. The van der Waals surface area contributed by atoms with E-state index in [0.29, 0.717) is 17.8 Å². The summed E-state index contributed by atoms with van der Waals surface area (Å²) >= 11 is 0. The summed E-state index contributed by atoms with van der Waals surface area (Å²) in [5.74, 6) is 0.